The summed E-state index contributed by atoms with van der Waals surface area (Å²) in [5.41, 5.74) is -0.912. The van der Waals surface area contributed by atoms with Crippen LogP contribution >= 0.6 is 0 Å². The van der Waals surface area contributed by atoms with Gasteiger partial charge >= 0.3 is 0 Å². The van der Waals surface area contributed by atoms with E-state index in [1.165, 1.54) is 0 Å². The first-order chi connectivity index (χ1) is 3.72. The molecule has 0 unspecified atom stereocenters. The first-order valence-corrected chi connectivity index (χ1v) is 1.83. The third kappa shape index (κ3) is 1.81. The number of nitrogens with zero attached hydrogens (tertiary/aromatic N) is 1. The average Bonchev–Trinajstić information content (AvgIpc) is 1.69. The smallest absolute Gasteiger partial charge is 0.280 e. The minimum atomic E-state index is -2.87. The summed E-state index contributed by atoms with van der Waals surface area (Å²) in [5, 5.41) is 2.50. The fourth-order valence-electron chi connectivity index (χ4n) is 0.149. The Labute approximate surface area is 44.2 Å². The molecule has 0 rings (SSSR count). The summed E-state index contributed by atoms with van der Waals surface area (Å²) in [6.07, 6.45) is -2.87. The molecule has 0 saturated carbocycles. The van der Waals surface area contributed by atoms with Crippen LogP contribution in [0.5, 0.6) is 0 Å². The molecule has 0 bridgehead atoms. The van der Waals surface area contributed by atoms with Crippen molar-refractivity contribution in [1.82, 2.24) is 0 Å². The van der Waals surface area contributed by atoms with Gasteiger partial charge in [0, 0.05) is 0 Å². The molecular formula is C3H5F3N2. The normalized spacial score (nSPS) is 12.8. The highest BCUT2D eigenvalue weighted by Crippen LogP contribution is 1.95. The van der Waals surface area contributed by atoms with Gasteiger partial charge in [-0.05, 0) is 0 Å². The van der Waals surface area contributed by atoms with Crippen molar-refractivity contribution in [2.45, 2.75) is 6.43 Å². The number of rotatable bonds is 2. The molecule has 0 heterocycles. The number of hydrogen-bond acceptors (Lipinski definition) is 2. The maximum absolute atomic E-state index is 11.2. The fourth-order valence-corrected chi connectivity index (χ4v) is 0.149. The summed E-state index contributed by atoms with van der Waals surface area (Å²) in [4.78, 5) is 0. The van der Waals surface area contributed by atoms with Gasteiger partial charge in [-0.1, -0.05) is 0 Å². The van der Waals surface area contributed by atoms with Gasteiger partial charge < -0.3 is 5.84 Å². The van der Waals surface area contributed by atoms with Crippen LogP contribution in [0.2, 0.25) is 0 Å². The third-order valence-electron chi connectivity index (χ3n) is 0.555. The van der Waals surface area contributed by atoms with Crippen LogP contribution in [0.25, 0.3) is 0 Å². The van der Waals surface area contributed by atoms with E-state index < -0.39 is 18.8 Å². The molecule has 0 amide bonds. The van der Waals surface area contributed by atoms with E-state index in [1.807, 2.05) is 0 Å². The lowest BCUT2D eigenvalue weighted by molar-refractivity contribution is 0.220. The van der Waals surface area contributed by atoms with E-state index >= 15 is 0 Å². The van der Waals surface area contributed by atoms with Crippen molar-refractivity contribution in [2.24, 2.45) is 10.9 Å². The predicted octanol–water partition coefficient (Wildman–Crippen LogP) is 0.536. The third-order valence-corrected chi connectivity index (χ3v) is 0.555. The molecule has 0 aromatic carbocycles. The van der Waals surface area contributed by atoms with Crippen LogP contribution in [0.15, 0.2) is 5.10 Å². The van der Waals surface area contributed by atoms with Gasteiger partial charge in [0.2, 0.25) is 0 Å². The largest absolute Gasteiger partial charge is 0.323 e. The first kappa shape index (κ1) is 7.26. The van der Waals surface area contributed by atoms with Gasteiger partial charge in [-0.2, -0.15) is 5.10 Å². The Morgan fingerprint density at radius 2 is 2.12 bits per heavy atom. The first-order valence-electron chi connectivity index (χ1n) is 1.83. The molecule has 0 spiro atoms. The van der Waals surface area contributed by atoms with Gasteiger partial charge in [0.1, 0.15) is 12.4 Å². The zero-order valence-electron chi connectivity index (χ0n) is 3.94. The van der Waals surface area contributed by atoms with Crippen LogP contribution in [0, 0.1) is 0 Å². The van der Waals surface area contributed by atoms with Gasteiger partial charge in [-0.3, -0.25) is 0 Å². The van der Waals surface area contributed by atoms with Gasteiger partial charge in [0.25, 0.3) is 6.43 Å². The number of halogens is 3. The summed E-state index contributed by atoms with van der Waals surface area (Å²) < 4.78 is 33.7. The predicted molar refractivity (Wildman–Crippen MR) is 23.6 cm³/mol. The zero-order chi connectivity index (χ0) is 6.57. The Hall–Kier alpha value is -0.740. The van der Waals surface area contributed by atoms with Crippen LogP contribution < -0.4 is 5.84 Å². The van der Waals surface area contributed by atoms with Gasteiger partial charge in [-0.15, -0.1) is 0 Å². The number of hydrazone groups is 1. The lowest BCUT2D eigenvalue weighted by atomic mass is 10.4. The van der Waals surface area contributed by atoms with E-state index in [1.54, 1.807) is 0 Å². The molecule has 0 fully saturated rings. The van der Waals surface area contributed by atoms with Crippen molar-refractivity contribution >= 4 is 5.71 Å². The second-order valence-electron chi connectivity index (χ2n) is 1.05. The van der Waals surface area contributed by atoms with Gasteiger partial charge in [0.05, 0.1) is 0 Å². The molecular weight excluding hydrogens is 121 g/mol. The number of nitrogens with two attached hydrogens (primary N) is 1. The second kappa shape index (κ2) is 3.29. The van der Waals surface area contributed by atoms with E-state index in [9.17, 15) is 13.2 Å². The van der Waals surface area contributed by atoms with Crippen molar-refractivity contribution in [3.8, 4) is 0 Å². The van der Waals surface area contributed by atoms with E-state index in [0.717, 1.165) is 0 Å². The van der Waals surface area contributed by atoms with Crippen molar-refractivity contribution in [3.63, 3.8) is 0 Å². The lowest BCUT2D eigenvalue weighted by Gasteiger charge is -1.93. The molecule has 0 radical (unpaired) electrons. The maximum Gasteiger partial charge on any atom is 0.280 e. The standard InChI is InChI=1S/C3H5F3N2/c4-1-2(8-7)3(5)6/h3H,1,7H2. The van der Waals surface area contributed by atoms with Crippen molar-refractivity contribution in [1.29, 1.82) is 0 Å². The Bertz CT molecular complexity index is 90.5. The fraction of sp³-hybridized carbons (Fsp3) is 0.667. The highest BCUT2D eigenvalue weighted by atomic mass is 19.3. The molecule has 0 aromatic rings. The molecule has 2 N–H and O–H groups in total. The topological polar surface area (TPSA) is 38.4 Å². The Balaban J connectivity index is 3.72. The van der Waals surface area contributed by atoms with Gasteiger partial charge in [-0.25, -0.2) is 13.2 Å². The number of alkyl halides is 3. The van der Waals surface area contributed by atoms with Crippen LogP contribution in [0.4, 0.5) is 13.2 Å². The molecule has 0 aliphatic carbocycles. The van der Waals surface area contributed by atoms with E-state index in [4.69, 9.17) is 0 Å². The van der Waals surface area contributed by atoms with E-state index in [2.05, 4.69) is 10.9 Å². The second-order valence-corrected chi connectivity index (χ2v) is 1.05. The number of hydrogen-bond donors (Lipinski definition) is 1. The maximum atomic E-state index is 11.2. The van der Waals surface area contributed by atoms with Crippen LogP contribution in [0.1, 0.15) is 0 Å². The molecule has 2 nitrogen and oxygen atoms in total. The molecule has 8 heavy (non-hydrogen) atoms. The highest BCUT2D eigenvalue weighted by Gasteiger charge is 2.10. The molecule has 48 valence electrons. The molecule has 0 atom stereocenters. The molecule has 0 aromatic heterocycles. The summed E-state index contributed by atoms with van der Waals surface area (Å²) >= 11 is 0. The molecule has 0 saturated heterocycles. The van der Waals surface area contributed by atoms with Crippen LogP contribution in [-0.4, -0.2) is 18.8 Å². The van der Waals surface area contributed by atoms with Crippen LogP contribution in [-0.2, 0) is 0 Å². The lowest BCUT2D eigenvalue weighted by Crippen LogP contribution is -2.14. The molecule has 0 aliphatic heterocycles. The van der Waals surface area contributed by atoms with Crippen molar-refractivity contribution in [3.05, 3.63) is 0 Å². The minimum absolute atomic E-state index is 0.912. The quantitative estimate of drug-likeness (QED) is 0.327. The van der Waals surface area contributed by atoms with Crippen molar-refractivity contribution in [2.75, 3.05) is 6.67 Å². The molecule has 0 aliphatic rings. The summed E-state index contributed by atoms with van der Waals surface area (Å²) in [6.45, 7) is -1.28. The zero-order valence-corrected chi connectivity index (χ0v) is 3.94. The Morgan fingerprint density at radius 1 is 1.62 bits per heavy atom. The Morgan fingerprint density at radius 3 is 2.12 bits per heavy atom. The molecule has 5 heteroatoms. The summed E-state index contributed by atoms with van der Waals surface area (Å²) in [6, 6.07) is 0. The average molecular weight is 126 g/mol. The van der Waals surface area contributed by atoms with Crippen LogP contribution in [0.3, 0.4) is 0 Å². The van der Waals surface area contributed by atoms with E-state index in [-0.39, 0.29) is 0 Å². The van der Waals surface area contributed by atoms with E-state index in [0.29, 0.717) is 0 Å². The summed E-state index contributed by atoms with van der Waals surface area (Å²) in [5.74, 6) is 4.35. The summed E-state index contributed by atoms with van der Waals surface area (Å²) in [7, 11) is 0. The highest BCUT2D eigenvalue weighted by molar-refractivity contribution is 5.88. The SMILES string of the molecule is NN=C(CF)C(F)F. The Kier molecular flexibility index (Phi) is 2.98. The van der Waals surface area contributed by atoms with Crippen molar-refractivity contribution < 1.29 is 13.2 Å². The minimum Gasteiger partial charge on any atom is -0.323 e. The van der Waals surface area contributed by atoms with Gasteiger partial charge in [0.15, 0.2) is 0 Å². The monoisotopic (exact) mass is 126 g/mol.